The molecule has 80 valence electrons. The van der Waals surface area contributed by atoms with Crippen LogP contribution in [0.15, 0.2) is 18.3 Å². The lowest BCUT2D eigenvalue weighted by Crippen LogP contribution is -2.30. The zero-order chi connectivity index (χ0) is 10.8. The number of nitrogens with zero attached hydrogens (tertiary/aromatic N) is 1. The van der Waals surface area contributed by atoms with Gasteiger partial charge in [0.25, 0.3) is 0 Å². The number of carboxylic acid groups (broad SMARTS) is 1. The van der Waals surface area contributed by atoms with Crippen molar-refractivity contribution in [1.82, 2.24) is 10.3 Å². The highest BCUT2D eigenvalue weighted by atomic mass is 16.5. The molecule has 2 heterocycles. The number of pyridine rings is 1. The highest BCUT2D eigenvalue weighted by molar-refractivity contribution is 5.64. The van der Waals surface area contributed by atoms with E-state index in [0.717, 1.165) is 11.4 Å². The number of ether oxygens (including phenoxy) is 1. The minimum absolute atomic E-state index is 0.00250. The fraction of sp³-hybridized carbons (Fsp3) is 0.400. The normalized spacial score (nSPS) is 23.0. The number of aromatic nitrogens is 1. The smallest absolute Gasteiger partial charge is 0.404 e. The van der Waals surface area contributed by atoms with Crippen molar-refractivity contribution in [2.45, 2.75) is 18.9 Å². The Bertz CT molecular complexity index is 381. The molecule has 2 atom stereocenters. The predicted octanol–water partition coefficient (Wildman–Crippen LogP) is 1.21. The summed E-state index contributed by atoms with van der Waals surface area (Å²) in [7, 11) is 0. The first-order valence-corrected chi connectivity index (χ1v) is 4.77. The van der Waals surface area contributed by atoms with E-state index in [-0.39, 0.29) is 12.0 Å². The molecule has 1 aromatic rings. The van der Waals surface area contributed by atoms with Crippen molar-refractivity contribution in [2.75, 3.05) is 6.54 Å². The second kappa shape index (κ2) is 3.76. The second-order valence-corrected chi connectivity index (χ2v) is 3.50. The number of rotatable bonds is 2. The molecule has 0 spiro atoms. The zero-order valence-corrected chi connectivity index (χ0v) is 8.30. The summed E-state index contributed by atoms with van der Waals surface area (Å²) in [4.78, 5) is 14.6. The highest BCUT2D eigenvalue weighted by Gasteiger charge is 2.32. The Morgan fingerprint density at radius 2 is 2.53 bits per heavy atom. The second-order valence-electron chi connectivity index (χ2n) is 3.50. The Kier molecular flexibility index (Phi) is 2.45. The van der Waals surface area contributed by atoms with E-state index < -0.39 is 6.09 Å². The summed E-state index contributed by atoms with van der Waals surface area (Å²) in [6, 6.07) is 3.65. The molecule has 1 aliphatic rings. The van der Waals surface area contributed by atoms with Gasteiger partial charge in [-0.1, -0.05) is 0 Å². The third kappa shape index (κ3) is 1.86. The van der Waals surface area contributed by atoms with Crippen LogP contribution in [0.3, 0.4) is 0 Å². The van der Waals surface area contributed by atoms with Crippen LogP contribution < -0.4 is 10.1 Å². The topological polar surface area (TPSA) is 71.5 Å². The molecule has 0 aliphatic carbocycles. The summed E-state index contributed by atoms with van der Waals surface area (Å²) in [5.74, 6) is 0.750. The predicted molar refractivity (Wildman–Crippen MR) is 53.1 cm³/mol. The summed E-state index contributed by atoms with van der Waals surface area (Å²) in [6.45, 7) is 2.25. The van der Waals surface area contributed by atoms with Crippen LogP contribution in [0.5, 0.6) is 5.75 Å². The summed E-state index contributed by atoms with van der Waals surface area (Å²) < 4.78 is 5.56. The first kappa shape index (κ1) is 9.76. The first-order chi connectivity index (χ1) is 7.18. The average molecular weight is 208 g/mol. The Hall–Kier alpha value is -1.78. The molecular weight excluding hydrogens is 196 g/mol. The lowest BCUT2D eigenvalue weighted by molar-refractivity contribution is 0.188. The molecule has 1 aliphatic heterocycles. The van der Waals surface area contributed by atoms with E-state index in [2.05, 4.69) is 10.3 Å². The number of hydrogen-bond acceptors (Lipinski definition) is 3. The number of nitrogens with one attached hydrogen (secondary N) is 1. The van der Waals surface area contributed by atoms with Crippen molar-refractivity contribution in [3.8, 4) is 5.75 Å². The van der Waals surface area contributed by atoms with E-state index in [9.17, 15) is 4.79 Å². The molecule has 1 amide bonds. The SMILES string of the molecule is C[C@@H]1Oc2cccnc2[C@@H]1CNC(=O)O. The standard InChI is InChI=1S/C10H12N2O3/c1-6-7(5-12-10(13)14)9-8(15-6)3-2-4-11-9/h2-4,6-7,12H,5H2,1H3,(H,13,14)/t6-,7+/m0/s1. The van der Waals surface area contributed by atoms with E-state index in [4.69, 9.17) is 9.84 Å². The first-order valence-electron chi connectivity index (χ1n) is 4.77. The van der Waals surface area contributed by atoms with E-state index in [0.29, 0.717) is 6.54 Å². The van der Waals surface area contributed by atoms with Crippen LogP contribution in [0.2, 0.25) is 0 Å². The Morgan fingerprint density at radius 3 is 3.27 bits per heavy atom. The van der Waals surface area contributed by atoms with Crippen molar-refractivity contribution in [3.63, 3.8) is 0 Å². The lowest BCUT2D eigenvalue weighted by Gasteiger charge is -2.13. The summed E-state index contributed by atoms with van der Waals surface area (Å²) >= 11 is 0. The number of fused-ring (bicyclic) bond motifs is 1. The fourth-order valence-corrected chi connectivity index (χ4v) is 1.75. The number of carbonyl (C=O) groups is 1. The van der Waals surface area contributed by atoms with Gasteiger partial charge in [0.1, 0.15) is 11.9 Å². The molecule has 0 saturated heterocycles. The molecule has 0 unspecified atom stereocenters. The summed E-state index contributed by atoms with van der Waals surface area (Å²) in [5.41, 5.74) is 0.832. The highest BCUT2D eigenvalue weighted by Crippen LogP contribution is 2.35. The van der Waals surface area contributed by atoms with Crippen molar-refractivity contribution in [1.29, 1.82) is 0 Å². The van der Waals surface area contributed by atoms with Gasteiger partial charge in [-0.05, 0) is 19.1 Å². The molecule has 1 aromatic heterocycles. The van der Waals surface area contributed by atoms with Crippen molar-refractivity contribution in [2.24, 2.45) is 0 Å². The fourth-order valence-electron chi connectivity index (χ4n) is 1.75. The van der Waals surface area contributed by atoms with Gasteiger partial charge in [0, 0.05) is 12.7 Å². The van der Waals surface area contributed by atoms with Crippen LogP contribution in [0.1, 0.15) is 18.5 Å². The monoisotopic (exact) mass is 208 g/mol. The van der Waals surface area contributed by atoms with Gasteiger partial charge in [-0.3, -0.25) is 4.98 Å². The van der Waals surface area contributed by atoms with Gasteiger partial charge in [-0.15, -0.1) is 0 Å². The average Bonchev–Trinajstić information content (AvgIpc) is 2.50. The van der Waals surface area contributed by atoms with Crippen LogP contribution >= 0.6 is 0 Å². The minimum atomic E-state index is -1.02. The van der Waals surface area contributed by atoms with Gasteiger partial charge in [0.05, 0.1) is 11.6 Å². The molecule has 0 bridgehead atoms. The maximum atomic E-state index is 10.4. The molecule has 5 nitrogen and oxygen atoms in total. The largest absolute Gasteiger partial charge is 0.488 e. The van der Waals surface area contributed by atoms with Gasteiger partial charge in [0.2, 0.25) is 0 Å². The van der Waals surface area contributed by atoms with Crippen molar-refractivity contribution < 1.29 is 14.6 Å². The van der Waals surface area contributed by atoms with E-state index in [1.54, 1.807) is 12.3 Å². The van der Waals surface area contributed by atoms with E-state index >= 15 is 0 Å². The molecule has 0 saturated carbocycles. The zero-order valence-electron chi connectivity index (χ0n) is 8.30. The van der Waals surface area contributed by atoms with Gasteiger partial charge in [-0.2, -0.15) is 0 Å². The summed E-state index contributed by atoms with van der Waals surface area (Å²) in [6.07, 6.45) is 0.627. The Labute approximate surface area is 87.1 Å². The van der Waals surface area contributed by atoms with Crippen LogP contribution in [0.4, 0.5) is 4.79 Å². The Balaban J connectivity index is 2.15. The van der Waals surface area contributed by atoms with Gasteiger partial charge < -0.3 is 15.2 Å². The maximum Gasteiger partial charge on any atom is 0.404 e. The van der Waals surface area contributed by atoms with Gasteiger partial charge >= 0.3 is 6.09 Å². The molecule has 5 heteroatoms. The van der Waals surface area contributed by atoms with E-state index in [1.807, 2.05) is 13.0 Å². The third-order valence-corrected chi connectivity index (χ3v) is 2.50. The molecule has 2 rings (SSSR count). The van der Waals surface area contributed by atoms with Crippen LogP contribution in [0.25, 0.3) is 0 Å². The minimum Gasteiger partial charge on any atom is -0.488 e. The van der Waals surface area contributed by atoms with Crippen molar-refractivity contribution >= 4 is 6.09 Å². The van der Waals surface area contributed by atoms with Gasteiger partial charge in [-0.25, -0.2) is 4.79 Å². The third-order valence-electron chi connectivity index (χ3n) is 2.50. The lowest BCUT2D eigenvalue weighted by atomic mass is 10.0. The number of hydrogen-bond donors (Lipinski definition) is 2. The molecule has 15 heavy (non-hydrogen) atoms. The number of amides is 1. The molecule has 0 radical (unpaired) electrons. The van der Waals surface area contributed by atoms with Crippen LogP contribution in [0, 0.1) is 0 Å². The van der Waals surface area contributed by atoms with E-state index in [1.165, 1.54) is 0 Å². The molecule has 0 aromatic carbocycles. The molecule has 2 N–H and O–H groups in total. The van der Waals surface area contributed by atoms with Crippen LogP contribution in [-0.4, -0.2) is 28.8 Å². The Morgan fingerprint density at radius 1 is 1.73 bits per heavy atom. The maximum absolute atomic E-state index is 10.4. The van der Waals surface area contributed by atoms with Gasteiger partial charge in [0.15, 0.2) is 0 Å². The summed E-state index contributed by atoms with van der Waals surface area (Å²) in [5, 5.41) is 10.9. The van der Waals surface area contributed by atoms with Crippen molar-refractivity contribution in [3.05, 3.63) is 24.0 Å². The molecular formula is C10H12N2O3. The van der Waals surface area contributed by atoms with Crippen LogP contribution in [-0.2, 0) is 0 Å². The quantitative estimate of drug-likeness (QED) is 0.766. The molecule has 0 fully saturated rings.